The second-order valence-corrected chi connectivity index (χ2v) is 20.8. The van der Waals surface area contributed by atoms with Gasteiger partial charge < -0.3 is 64.2 Å². The molecule has 2 aliphatic rings. The lowest BCUT2D eigenvalue weighted by Crippen LogP contribution is -2.61. The molecule has 0 saturated carbocycles. The van der Waals surface area contributed by atoms with Gasteiger partial charge >= 0.3 is 11.9 Å². The topological polar surface area (TPSA) is 231 Å². The Hall–Kier alpha value is -2.54. The first-order valence-corrected chi connectivity index (χ1v) is 29.7. The summed E-state index contributed by atoms with van der Waals surface area (Å²) in [6.07, 6.45) is 37.1. The third kappa shape index (κ3) is 33.5. The van der Waals surface area contributed by atoms with Crippen LogP contribution in [-0.4, -0.2) is 142 Å². The maximum atomic E-state index is 13.0. The monoisotopic (exact) mass is 1070 g/mol. The third-order valence-electron chi connectivity index (χ3n) is 14.1. The number of carbonyl (C=O) groups is 2. The fraction of sp³-hybridized carbons (Fsp3) is 0.833. The van der Waals surface area contributed by atoms with Gasteiger partial charge in [-0.15, -0.1) is 0 Å². The molecule has 2 aliphatic heterocycles. The molecule has 2 saturated heterocycles. The average molecular weight is 1070 g/mol. The predicted octanol–water partition coefficient (Wildman–Crippen LogP) is 10.2. The zero-order valence-electron chi connectivity index (χ0n) is 46.5. The van der Waals surface area contributed by atoms with E-state index in [-0.39, 0.29) is 19.4 Å². The summed E-state index contributed by atoms with van der Waals surface area (Å²) < 4.78 is 33.6. The first kappa shape index (κ1) is 68.6. The molecule has 0 radical (unpaired) electrons. The molecular formula is C60H106O15. The van der Waals surface area contributed by atoms with Crippen LogP contribution in [0.5, 0.6) is 0 Å². The molecule has 0 spiro atoms. The molecule has 15 heteroatoms. The van der Waals surface area contributed by atoms with Crippen molar-refractivity contribution in [3.63, 3.8) is 0 Å². The predicted molar refractivity (Wildman–Crippen MR) is 293 cm³/mol. The van der Waals surface area contributed by atoms with Crippen molar-refractivity contribution in [2.24, 2.45) is 0 Å². The van der Waals surface area contributed by atoms with Crippen molar-refractivity contribution in [3.05, 3.63) is 48.6 Å². The number of rotatable bonds is 47. The summed E-state index contributed by atoms with van der Waals surface area (Å²) >= 11 is 0. The molecular weight excluding hydrogens is 961 g/mol. The normalized spacial score (nSPS) is 24.8. The minimum absolute atomic E-state index is 0.0903. The number of aliphatic hydroxyl groups is 7. The number of allylic oxidation sites excluding steroid dienone is 8. The van der Waals surface area contributed by atoms with Crippen LogP contribution >= 0.6 is 0 Å². The van der Waals surface area contributed by atoms with E-state index >= 15 is 0 Å². The van der Waals surface area contributed by atoms with Crippen molar-refractivity contribution in [2.75, 3.05) is 26.4 Å². The Morgan fingerprint density at radius 3 is 1.29 bits per heavy atom. The minimum atomic E-state index is -1.78. The van der Waals surface area contributed by atoms with Gasteiger partial charge in [-0.25, -0.2) is 0 Å². The zero-order valence-corrected chi connectivity index (χ0v) is 46.5. The highest BCUT2D eigenvalue weighted by Crippen LogP contribution is 2.27. The van der Waals surface area contributed by atoms with Crippen molar-refractivity contribution in [2.45, 2.75) is 293 Å². The summed E-state index contributed by atoms with van der Waals surface area (Å²) in [6.45, 7) is 2.57. The average Bonchev–Trinajstić information content (AvgIpc) is 3.40. The number of hydrogen-bond acceptors (Lipinski definition) is 15. The number of ether oxygens (including phenoxy) is 6. The zero-order chi connectivity index (χ0) is 54.6. The van der Waals surface area contributed by atoms with Crippen LogP contribution in [0.25, 0.3) is 0 Å². The molecule has 15 nitrogen and oxygen atoms in total. The maximum Gasteiger partial charge on any atom is 0.306 e. The van der Waals surface area contributed by atoms with Gasteiger partial charge in [-0.1, -0.05) is 210 Å². The molecule has 7 N–H and O–H groups in total. The Morgan fingerprint density at radius 1 is 0.427 bits per heavy atom. The molecule has 75 heavy (non-hydrogen) atoms. The van der Waals surface area contributed by atoms with Crippen LogP contribution < -0.4 is 0 Å². The first-order chi connectivity index (χ1) is 36.5. The second-order valence-electron chi connectivity index (χ2n) is 20.8. The Balaban J connectivity index is 1.78. The summed E-state index contributed by atoms with van der Waals surface area (Å²) in [7, 11) is 0. The maximum absolute atomic E-state index is 13.0. The van der Waals surface area contributed by atoms with Crippen molar-refractivity contribution in [1.82, 2.24) is 0 Å². The summed E-state index contributed by atoms with van der Waals surface area (Å²) in [6, 6.07) is 0. The van der Waals surface area contributed by atoms with Crippen molar-refractivity contribution in [1.29, 1.82) is 0 Å². The smallest absolute Gasteiger partial charge is 0.306 e. The van der Waals surface area contributed by atoms with E-state index in [0.29, 0.717) is 19.3 Å². The van der Waals surface area contributed by atoms with Crippen LogP contribution in [0, 0.1) is 0 Å². The quantitative estimate of drug-likeness (QED) is 0.0171. The lowest BCUT2D eigenvalue weighted by molar-refractivity contribution is -0.332. The lowest BCUT2D eigenvalue weighted by atomic mass is 9.98. The van der Waals surface area contributed by atoms with Crippen LogP contribution in [0.3, 0.4) is 0 Å². The molecule has 2 fully saturated rings. The molecule has 0 aliphatic carbocycles. The van der Waals surface area contributed by atoms with Crippen LogP contribution in [0.4, 0.5) is 0 Å². The van der Waals surface area contributed by atoms with E-state index in [1.165, 1.54) is 135 Å². The SMILES string of the molecule is CCCCCCCCC/C=C/C/C=C/C/C=C/C/C=C/CCCC(=O)O[C@H](COC(=O)CCCCCCCCCCCCCCCCCCCC)CO[C@H]1O[C@@H](CO[C@H]2O[C@@H](CO)[C@@H](O)C(O)C2O)[C@@H](O)C(O)C1O. The van der Waals surface area contributed by atoms with Gasteiger partial charge in [-0.05, 0) is 51.4 Å². The number of carbonyl (C=O) groups excluding carboxylic acids is 2. The van der Waals surface area contributed by atoms with Gasteiger partial charge in [0.25, 0.3) is 0 Å². The van der Waals surface area contributed by atoms with Gasteiger partial charge in [0.2, 0.25) is 0 Å². The highest BCUT2D eigenvalue weighted by atomic mass is 16.7. The molecule has 2 rings (SSSR count). The van der Waals surface area contributed by atoms with E-state index in [1.54, 1.807) is 0 Å². The standard InChI is InChI=1S/C60H106O15/c1-3-5-7-9-11-13-15-17-19-21-23-24-25-27-29-31-33-35-37-39-41-43-52(63)73-48(45-70-51(62)42-40-38-36-34-32-30-28-26-22-20-18-16-14-12-10-8-6-4-2)46-71-59-58(69)56(67)54(65)50(75-59)47-72-60-57(68)55(66)53(64)49(44-61)74-60/h19,21,24-25,29,31,35,37,48-50,53-61,64-69H,3-18,20,22-23,26-28,30,32-34,36,38-47H2,1-2H3/b21-19+,25-24+,31-29+,37-35+/t48-,49+,50+,53-,54-,55?,56?,57?,58?,59+,60+/m1/s1. The fourth-order valence-corrected chi connectivity index (χ4v) is 9.21. The molecule has 436 valence electrons. The van der Waals surface area contributed by atoms with Gasteiger partial charge in [-0.3, -0.25) is 9.59 Å². The molecule has 0 bridgehead atoms. The van der Waals surface area contributed by atoms with Crippen molar-refractivity contribution >= 4 is 11.9 Å². The highest BCUT2D eigenvalue weighted by Gasteiger charge is 2.47. The lowest BCUT2D eigenvalue weighted by Gasteiger charge is -2.42. The van der Waals surface area contributed by atoms with Gasteiger partial charge in [-0.2, -0.15) is 0 Å². The summed E-state index contributed by atoms with van der Waals surface area (Å²) in [5.41, 5.74) is 0. The number of unbranched alkanes of at least 4 members (excludes halogenated alkanes) is 25. The Bertz CT molecular complexity index is 1490. The number of hydrogen-bond donors (Lipinski definition) is 7. The fourth-order valence-electron chi connectivity index (χ4n) is 9.21. The van der Waals surface area contributed by atoms with E-state index in [1.807, 2.05) is 6.08 Å². The molecule has 2 heterocycles. The molecule has 0 amide bonds. The molecule has 0 aromatic carbocycles. The Labute approximate surface area is 452 Å². The van der Waals surface area contributed by atoms with Crippen LogP contribution in [-0.2, 0) is 38.0 Å². The molecule has 11 atom stereocenters. The second kappa shape index (κ2) is 46.4. The van der Waals surface area contributed by atoms with Gasteiger partial charge in [0.15, 0.2) is 18.7 Å². The molecule has 0 aromatic rings. The first-order valence-electron chi connectivity index (χ1n) is 29.7. The van der Waals surface area contributed by atoms with Crippen molar-refractivity contribution in [3.8, 4) is 0 Å². The van der Waals surface area contributed by atoms with E-state index in [0.717, 1.165) is 44.9 Å². The van der Waals surface area contributed by atoms with Gasteiger partial charge in [0, 0.05) is 12.8 Å². The van der Waals surface area contributed by atoms with E-state index in [9.17, 15) is 45.3 Å². The van der Waals surface area contributed by atoms with Crippen LogP contribution in [0.2, 0.25) is 0 Å². The largest absolute Gasteiger partial charge is 0.462 e. The number of esters is 2. The Morgan fingerprint density at radius 2 is 0.813 bits per heavy atom. The minimum Gasteiger partial charge on any atom is -0.462 e. The Kier molecular flexibility index (Phi) is 42.4. The molecule has 0 aromatic heterocycles. The summed E-state index contributed by atoms with van der Waals surface area (Å²) in [5, 5.41) is 72.3. The van der Waals surface area contributed by atoms with Gasteiger partial charge in [0.05, 0.1) is 19.8 Å². The van der Waals surface area contributed by atoms with E-state index < -0.39 is 99.3 Å². The number of aliphatic hydroxyl groups excluding tert-OH is 7. The summed E-state index contributed by atoms with van der Waals surface area (Å²) in [4.78, 5) is 25.9. The third-order valence-corrected chi connectivity index (χ3v) is 14.1. The van der Waals surface area contributed by atoms with Gasteiger partial charge in [0.1, 0.15) is 55.4 Å². The molecule has 4 unspecified atom stereocenters. The van der Waals surface area contributed by atoms with E-state index in [2.05, 4.69) is 56.4 Å². The van der Waals surface area contributed by atoms with Crippen molar-refractivity contribution < 1.29 is 73.8 Å². The van der Waals surface area contributed by atoms with Crippen LogP contribution in [0.1, 0.15) is 226 Å². The van der Waals surface area contributed by atoms with E-state index in [4.69, 9.17) is 28.4 Å². The van der Waals surface area contributed by atoms with Crippen LogP contribution in [0.15, 0.2) is 48.6 Å². The highest BCUT2D eigenvalue weighted by molar-refractivity contribution is 5.70. The summed E-state index contributed by atoms with van der Waals surface area (Å²) in [5.74, 6) is -0.982.